The predicted octanol–water partition coefficient (Wildman–Crippen LogP) is 1.04. The number of hydrogen-bond donors (Lipinski definition) is 2. The Morgan fingerprint density at radius 1 is 1.71 bits per heavy atom. The number of aromatic nitrogens is 1. The summed E-state index contributed by atoms with van der Waals surface area (Å²) in [4.78, 5) is 14.0. The molecule has 1 heterocycles. The second-order valence-corrected chi connectivity index (χ2v) is 2.75. The van der Waals surface area contributed by atoms with Gasteiger partial charge in [0.15, 0.2) is 0 Å². The average Bonchev–Trinajstić information content (AvgIpc) is 2.12. The number of rotatable bonds is 4. The van der Waals surface area contributed by atoms with Crippen molar-refractivity contribution in [2.45, 2.75) is 6.92 Å². The van der Waals surface area contributed by atoms with Gasteiger partial charge in [-0.3, -0.25) is 0 Å². The Kier molecular flexibility index (Phi) is 3.72. The minimum absolute atomic E-state index is 0.255. The topological polar surface area (TPSA) is 71.5 Å². The molecular weight excluding hydrogens is 184 g/mol. The quantitative estimate of drug-likeness (QED) is 0.706. The highest BCUT2D eigenvalue weighted by Gasteiger charge is 1.96. The first-order valence-electron chi connectivity index (χ1n) is 4.21. The fraction of sp³-hybridized carbons (Fsp3) is 0.333. The van der Waals surface area contributed by atoms with Crippen LogP contribution in [0.15, 0.2) is 18.3 Å². The van der Waals surface area contributed by atoms with E-state index in [2.05, 4.69) is 10.3 Å². The summed E-state index contributed by atoms with van der Waals surface area (Å²) in [5.74, 6) is 0.511. The maximum absolute atomic E-state index is 10.1. The van der Waals surface area contributed by atoms with Gasteiger partial charge in [0.1, 0.15) is 6.61 Å². The number of aryl methyl sites for hydroxylation is 1. The molecule has 5 heteroatoms. The fourth-order valence-corrected chi connectivity index (χ4v) is 0.901. The number of carbonyl (C=O) groups is 1. The van der Waals surface area contributed by atoms with Crippen molar-refractivity contribution >= 4 is 6.09 Å². The minimum atomic E-state index is -1.05. The van der Waals surface area contributed by atoms with E-state index in [9.17, 15) is 4.79 Å². The first kappa shape index (κ1) is 10.3. The number of hydrogen-bond acceptors (Lipinski definition) is 3. The lowest BCUT2D eigenvalue weighted by Crippen LogP contribution is -2.26. The second kappa shape index (κ2) is 5.06. The number of nitrogens with one attached hydrogen (secondary N) is 1. The molecule has 0 aliphatic heterocycles. The molecule has 0 aromatic carbocycles. The Morgan fingerprint density at radius 2 is 2.50 bits per heavy atom. The third-order valence-electron chi connectivity index (χ3n) is 1.52. The number of amides is 1. The first-order valence-corrected chi connectivity index (χ1v) is 4.21. The second-order valence-electron chi connectivity index (χ2n) is 2.75. The molecule has 5 nitrogen and oxygen atoms in total. The molecule has 14 heavy (non-hydrogen) atoms. The third kappa shape index (κ3) is 3.75. The Hall–Kier alpha value is -1.78. The molecule has 0 unspecified atom stereocenters. The molecule has 0 aliphatic rings. The van der Waals surface area contributed by atoms with Crippen LogP contribution in [0.25, 0.3) is 0 Å². The van der Waals surface area contributed by atoms with E-state index in [0.717, 1.165) is 5.56 Å². The Morgan fingerprint density at radius 3 is 3.14 bits per heavy atom. The third-order valence-corrected chi connectivity index (χ3v) is 1.52. The van der Waals surface area contributed by atoms with E-state index < -0.39 is 6.09 Å². The van der Waals surface area contributed by atoms with E-state index >= 15 is 0 Å². The molecule has 0 saturated heterocycles. The average molecular weight is 196 g/mol. The van der Waals surface area contributed by atoms with Crippen LogP contribution in [0, 0.1) is 6.92 Å². The van der Waals surface area contributed by atoms with Crippen molar-refractivity contribution in [1.82, 2.24) is 10.3 Å². The molecule has 1 aromatic rings. The van der Waals surface area contributed by atoms with Crippen LogP contribution in [0.2, 0.25) is 0 Å². The molecule has 76 valence electrons. The van der Waals surface area contributed by atoms with Gasteiger partial charge >= 0.3 is 6.09 Å². The summed E-state index contributed by atoms with van der Waals surface area (Å²) in [7, 11) is 0. The summed E-state index contributed by atoms with van der Waals surface area (Å²) in [5, 5.41) is 10.5. The lowest BCUT2D eigenvalue weighted by Gasteiger charge is -2.04. The highest BCUT2D eigenvalue weighted by molar-refractivity contribution is 5.64. The van der Waals surface area contributed by atoms with E-state index in [1.807, 2.05) is 13.0 Å². The van der Waals surface area contributed by atoms with Crippen molar-refractivity contribution < 1.29 is 14.6 Å². The summed E-state index contributed by atoms with van der Waals surface area (Å²) < 4.78 is 5.20. The van der Waals surface area contributed by atoms with Crippen molar-refractivity contribution in [3.63, 3.8) is 0 Å². The number of ether oxygens (including phenoxy) is 1. The van der Waals surface area contributed by atoms with E-state index in [1.165, 1.54) is 0 Å². The zero-order chi connectivity index (χ0) is 10.4. The predicted molar refractivity (Wildman–Crippen MR) is 50.5 cm³/mol. The molecule has 0 fully saturated rings. The normalized spacial score (nSPS) is 9.50. The van der Waals surface area contributed by atoms with Crippen LogP contribution in [-0.4, -0.2) is 29.3 Å². The minimum Gasteiger partial charge on any atom is -0.476 e. The molecule has 0 aliphatic carbocycles. The van der Waals surface area contributed by atoms with E-state index in [-0.39, 0.29) is 13.2 Å². The van der Waals surface area contributed by atoms with Crippen LogP contribution in [0.5, 0.6) is 5.88 Å². The highest BCUT2D eigenvalue weighted by atomic mass is 16.5. The van der Waals surface area contributed by atoms with Gasteiger partial charge in [-0.05, 0) is 18.6 Å². The van der Waals surface area contributed by atoms with Crippen LogP contribution < -0.4 is 10.1 Å². The molecular formula is C9H12N2O3. The lowest BCUT2D eigenvalue weighted by atomic mass is 10.3. The maximum atomic E-state index is 10.1. The van der Waals surface area contributed by atoms with Gasteiger partial charge < -0.3 is 15.2 Å². The zero-order valence-corrected chi connectivity index (χ0v) is 7.86. The Bertz CT molecular complexity index is 315. The van der Waals surface area contributed by atoms with Crippen molar-refractivity contribution in [3.8, 4) is 5.88 Å². The van der Waals surface area contributed by atoms with E-state index in [1.54, 1.807) is 12.3 Å². The number of carboxylic acid groups (broad SMARTS) is 1. The van der Waals surface area contributed by atoms with Gasteiger partial charge in [-0.2, -0.15) is 0 Å². The van der Waals surface area contributed by atoms with Crippen molar-refractivity contribution in [1.29, 1.82) is 0 Å². The molecule has 0 atom stereocenters. The first-order chi connectivity index (χ1) is 6.68. The molecule has 1 rings (SSSR count). The lowest BCUT2D eigenvalue weighted by molar-refractivity contribution is 0.190. The standard InChI is InChI=1S/C9H12N2O3/c1-7-2-3-10-8(6-7)14-5-4-11-9(12)13/h2-3,6,11H,4-5H2,1H3,(H,12,13). The smallest absolute Gasteiger partial charge is 0.404 e. The summed E-state index contributed by atoms with van der Waals surface area (Å²) in [6.45, 7) is 2.47. The molecule has 0 saturated carbocycles. The summed E-state index contributed by atoms with van der Waals surface area (Å²) in [5.41, 5.74) is 1.06. The van der Waals surface area contributed by atoms with Crippen LogP contribution in [0.1, 0.15) is 5.56 Å². The van der Waals surface area contributed by atoms with Gasteiger partial charge in [0.2, 0.25) is 5.88 Å². The van der Waals surface area contributed by atoms with Crippen molar-refractivity contribution in [2.24, 2.45) is 0 Å². The molecule has 1 amide bonds. The van der Waals surface area contributed by atoms with E-state index in [0.29, 0.717) is 5.88 Å². The monoisotopic (exact) mass is 196 g/mol. The Labute approximate surface area is 81.7 Å². The van der Waals surface area contributed by atoms with E-state index in [4.69, 9.17) is 9.84 Å². The van der Waals surface area contributed by atoms with Crippen LogP contribution in [0.4, 0.5) is 4.79 Å². The zero-order valence-electron chi connectivity index (χ0n) is 7.86. The largest absolute Gasteiger partial charge is 0.476 e. The van der Waals surface area contributed by atoms with Crippen LogP contribution in [0.3, 0.4) is 0 Å². The number of pyridine rings is 1. The van der Waals surface area contributed by atoms with Crippen molar-refractivity contribution in [2.75, 3.05) is 13.2 Å². The summed E-state index contributed by atoms with van der Waals surface area (Å²) in [6, 6.07) is 3.66. The molecule has 0 bridgehead atoms. The molecule has 2 N–H and O–H groups in total. The number of nitrogens with zero attached hydrogens (tertiary/aromatic N) is 1. The van der Waals surface area contributed by atoms with Gasteiger partial charge in [0.25, 0.3) is 0 Å². The molecule has 1 aromatic heterocycles. The highest BCUT2D eigenvalue weighted by Crippen LogP contribution is 2.07. The van der Waals surface area contributed by atoms with Gasteiger partial charge in [-0.15, -0.1) is 0 Å². The van der Waals surface area contributed by atoms with Crippen molar-refractivity contribution in [3.05, 3.63) is 23.9 Å². The van der Waals surface area contributed by atoms with Crippen LogP contribution in [-0.2, 0) is 0 Å². The SMILES string of the molecule is Cc1ccnc(OCCNC(=O)O)c1. The van der Waals surface area contributed by atoms with Gasteiger partial charge in [0.05, 0.1) is 6.54 Å². The summed E-state index contributed by atoms with van der Waals surface area (Å²) in [6.07, 6.45) is 0.598. The van der Waals surface area contributed by atoms with Crippen LogP contribution >= 0.6 is 0 Å². The van der Waals surface area contributed by atoms with Gasteiger partial charge in [-0.25, -0.2) is 9.78 Å². The molecule has 0 spiro atoms. The Balaban J connectivity index is 2.28. The fourth-order valence-electron chi connectivity index (χ4n) is 0.901. The molecule has 0 radical (unpaired) electrons. The van der Waals surface area contributed by atoms with Gasteiger partial charge in [0, 0.05) is 12.3 Å². The van der Waals surface area contributed by atoms with Gasteiger partial charge in [-0.1, -0.05) is 0 Å². The summed E-state index contributed by atoms with van der Waals surface area (Å²) >= 11 is 0. The maximum Gasteiger partial charge on any atom is 0.404 e.